The number of hydrogen-bond donors (Lipinski definition) is 0. The number of carbonyl (C=O) groups is 2. The van der Waals surface area contributed by atoms with Crippen molar-refractivity contribution in [1.29, 1.82) is 0 Å². The first-order chi connectivity index (χ1) is 14.1. The van der Waals surface area contributed by atoms with Crippen LogP contribution in [0.2, 0.25) is 0 Å². The van der Waals surface area contributed by atoms with Crippen LogP contribution < -0.4 is 4.74 Å². The Labute approximate surface area is 171 Å². The molecule has 0 aliphatic heterocycles. The highest BCUT2D eigenvalue weighted by Gasteiger charge is 2.18. The summed E-state index contributed by atoms with van der Waals surface area (Å²) >= 11 is 0. The minimum atomic E-state index is -0.526. The molecular weight excluding hydrogens is 366 g/mol. The first kappa shape index (κ1) is 20.6. The Hall–Kier alpha value is -3.08. The summed E-state index contributed by atoms with van der Waals surface area (Å²) in [5, 5.41) is 2.11. The van der Waals surface area contributed by atoms with Crippen LogP contribution >= 0.6 is 0 Å². The lowest BCUT2D eigenvalue weighted by atomic mass is 10.0. The van der Waals surface area contributed by atoms with E-state index in [0.717, 1.165) is 53.5 Å². The molecule has 0 saturated carbocycles. The fourth-order valence-electron chi connectivity index (χ4n) is 3.50. The monoisotopic (exact) mass is 393 g/mol. The minimum Gasteiger partial charge on any atom is -0.497 e. The van der Waals surface area contributed by atoms with Crippen LogP contribution in [0.5, 0.6) is 5.75 Å². The van der Waals surface area contributed by atoms with Crippen molar-refractivity contribution in [2.75, 3.05) is 20.3 Å². The van der Waals surface area contributed by atoms with E-state index < -0.39 is 5.97 Å². The molecule has 0 N–H and O–H groups in total. The molecule has 1 aliphatic rings. The predicted molar refractivity (Wildman–Crippen MR) is 114 cm³/mol. The second-order valence-electron chi connectivity index (χ2n) is 6.99. The fourth-order valence-corrected chi connectivity index (χ4v) is 3.50. The van der Waals surface area contributed by atoms with Gasteiger partial charge in [0.15, 0.2) is 6.61 Å². The van der Waals surface area contributed by atoms with E-state index in [1.165, 1.54) is 6.08 Å². The van der Waals surface area contributed by atoms with Gasteiger partial charge in [0.2, 0.25) is 0 Å². The van der Waals surface area contributed by atoms with E-state index in [4.69, 9.17) is 9.47 Å². The number of allylic oxidation sites excluding steroid dienone is 2. The van der Waals surface area contributed by atoms with E-state index in [2.05, 4.69) is 6.08 Å². The number of benzene rings is 2. The van der Waals surface area contributed by atoms with Gasteiger partial charge >= 0.3 is 5.97 Å². The third-order valence-corrected chi connectivity index (χ3v) is 5.05. The lowest BCUT2D eigenvalue weighted by molar-refractivity contribution is -0.147. The van der Waals surface area contributed by atoms with Crippen molar-refractivity contribution in [3.05, 3.63) is 59.8 Å². The SMILES string of the molecule is CCN(C(=O)COC(=O)/C=C/c1ccc2cc(OC)ccc2c1)C1=CCCCC1. The van der Waals surface area contributed by atoms with Crippen molar-refractivity contribution in [1.82, 2.24) is 4.90 Å². The first-order valence-corrected chi connectivity index (χ1v) is 10.0. The number of likely N-dealkylation sites (N-methyl/N-ethyl adjacent to an activating group) is 1. The molecule has 3 rings (SSSR count). The Kier molecular flexibility index (Phi) is 7.06. The lowest BCUT2D eigenvalue weighted by Crippen LogP contribution is -2.34. The molecule has 0 spiro atoms. The van der Waals surface area contributed by atoms with Crippen LogP contribution in [-0.2, 0) is 14.3 Å². The number of rotatable bonds is 7. The number of amides is 1. The maximum atomic E-state index is 12.4. The Bertz CT molecular complexity index is 945. The molecule has 0 bridgehead atoms. The lowest BCUT2D eigenvalue weighted by Gasteiger charge is -2.26. The summed E-state index contributed by atoms with van der Waals surface area (Å²) in [5.41, 5.74) is 1.93. The number of esters is 1. The van der Waals surface area contributed by atoms with Crippen molar-refractivity contribution in [3.8, 4) is 5.75 Å². The molecule has 1 aliphatic carbocycles. The van der Waals surface area contributed by atoms with Crippen LogP contribution in [0.25, 0.3) is 16.8 Å². The number of hydrogen-bond acceptors (Lipinski definition) is 4. The molecule has 0 saturated heterocycles. The zero-order chi connectivity index (χ0) is 20.6. The molecule has 2 aromatic rings. The van der Waals surface area contributed by atoms with Crippen LogP contribution in [0.4, 0.5) is 0 Å². The summed E-state index contributed by atoms with van der Waals surface area (Å²) in [4.78, 5) is 26.2. The zero-order valence-corrected chi connectivity index (χ0v) is 17.0. The van der Waals surface area contributed by atoms with E-state index in [0.29, 0.717) is 6.54 Å². The maximum absolute atomic E-state index is 12.4. The molecule has 0 unspecified atom stereocenters. The van der Waals surface area contributed by atoms with Gasteiger partial charge < -0.3 is 14.4 Å². The van der Waals surface area contributed by atoms with Gasteiger partial charge in [0, 0.05) is 18.3 Å². The summed E-state index contributed by atoms with van der Waals surface area (Å²) in [6.07, 6.45) is 9.32. The molecule has 5 nitrogen and oxygen atoms in total. The van der Waals surface area contributed by atoms with Crippen molar-refractivity contribution in [2.24, 2.45) is 0 Å². The average Bonchev–Trinajstić information content (AvgIpc) is 2.77. The van der Waals surface area contributed by atoms with Crippen LogP contribution in [0.1, 0.15) is 38.2 Å². The first-order valence-electron chi connectivity index (χ1n) is 10.0. The summed E-state index contributed by atoms with van der Waals surface area (Å²) in [6, 6.07) is 11.7. The van der Waals surface area contributed by atoms with Crippen molar-refractivity contribution < 1.29 is 19.1 Å². The van der Waals surface area contributed by atoms with Crippen LogP contribution in [0.15, 0.2) is 54.2 Å². The molecule has 29 heavy (non-hydrogen) atoms. The third-order valence-electron chi connectivity index (χ3n) is 5.05. The molecule has 0 fully saturated rings. The number of methoxy groups -OCH3 is 1. The van der Waals surface area contributed by atoms with E-state index in [1.807, 2.05) is 43.3 Å². The van der Waals surface area contributed by atoms with Crippen LogP contribution in [-0.4, -0.2) is 37.0 Å². The second-order valence-corrected chi connectivity index (χ2v) is 6.99. The van der Waals surface area contributed by atoms with E-state index in [-0.39, 0.29) is 12.5 Å². The number of ether oxygens (including phenoxy) is 2. The molecule has 2 aromatic carbocycles. The third kappa shape index (κ3) is 5.47. The van der Waals surface area contributed by atoms with Gasteiger partial charge in [-0.05, 0) is 73.2 Å². The molecule has 0 heterocycles. The quantitative estimate of drug-likeness (QED) is 0.505. The van der Waals surface area contributed by atoms with Crippen LogP contribution in [0, 0.1) is 0 Å². The predicted octanol–water partition coefficient (Wildman–Crippen LogP) is 4.71. The highest BCUT2D eigenvalue weighted by Crippen LogP contribution is 2.23. The molecule has 152 valence electrons. The van der Waals surface area contributed by atoms with Gasteiger partial charge in [-0.1, -0.05) is 24.3 Å². The summed E-state index contributed by atoms with van der Waals surface area (Å²) < 4.78 is 10.4. The summed E-state index contributed by atoms with van der Waals surface area (Å²) in [5.74, 6) is 0.100. The largest absolute Gasteiger partial charge is 0.497 e. The van der Waals surface area contributed by atoms with Gasteiger partial charge in [0.25, 0.3) is 5.91 Å². The zero-order valence-electron chi connectivity index (χ0n) is 17.0. The van der Waals surface area contributed by atoms with Crippen LogP contribution in [0.3, 0.4) is 0 Å². The van der Waals surface area contributed by atoms with Gasteiger partial charge in [-0.3, -0.25) is 4.79 Å². The molecule has 0 aromatic heterocycles. The van der Waals surface area contributed by atoms with Gasteiger partial charge in [-0.25, -0.2) is 4.79 Å². The average molecular weight is 393 g/mol. The minimum absolute atomic E-state index is 0.179. The number of fused-ring (bicyclic) bond motifs is 1. The van der Waals surface area contributed by atoms with Crippen molar-refractivity contribution in [2.45, 2.75) is 32.6 Å². The van der Waals surface area contributed by atoms with Crippen molar-refractivity contribution in [3.63, 3.8) is 0 Å². The second kappa shape index (κ2) is 9.92. The normalized spacial score (nSPS) is 13.9. The molecular formula is C24H27NO4. The van der Waals surface area contributed by atoms with Gasteiger partial charge in [-0.15, -0.1) is 0 Å². The standard InChI is InChI=1S/C24H27NO4/c1-3-25(21-7-5-4-6-8-21)23(26)17-29-24(27)14-10-18-9-11-20-16-22(28-2)13-12-19(20)15-18/h7,9-16H,3-6,8,17H2,1-2H3/b14-10+. The highest BCUT2D eigenvalue weighted by atomic mass is 16.5. The molecule has 5 heteroatoms. The topological polar surface area (TPSA) is 55.8 Å². The molecule has 1 amide bonds. The summed E-state index contributed by atoms with van der Waals surface area (Å²) in [6.45, 7) is 2.27. The van der Waals surface area contributed by atoms with Gasteiger partial charge in [-0.2, -0.15) is 0 Å². The number of nitrogens with zero attached hydrogens (tertiary/aromatic N) is 1. The van der Waals surface area contributed by atoms with E-state index in [9.17, 15) is 9.59 Å². The Balaban J connectivity index is 1.57. The van der Waals surface area contributed by atoms with Gasteiger partial charge in [0.05, 0.1) is 7.11 Å². The van der Waals surface area contributed by atoms with Crippen molar-refractivity contribution >= 4 is 28.7 Å². The fraction of sp³-hybridized carbons (Fsp3) is 0.333. The Morgan fingerprint density at radius 1 is 1.10 bits per heavy atom. The Morgan fingerprint density at radius 3 is 2.62 bits per heavy atom. The maximum Gasteiger partial charge on any atom is 0.331 e. The Morgan fingerprint density at radius 2 is 1.90 bits per heavy atom. The van der Waals surface area contributed by atoms with E-state index in [1.54, 1.807) is 18.1 Å². The molecule has 0 atom stereocenters. The number of carbonyl (C=O) groups excluding carboxylic acids is 2. The van der Waals surface area contributed by atoms with E-state index >= 15 is 0 Å². The van der Waals surface area contributed by atoms with Gasteiger partial charge in [0.1, 0.15) is 5.75 Å². The smallest absolute Gasteiger partial charge is 0.331 e. The summed E-state index contributed by atoms with van der Waals surface area (Å²) in [7, 11) is 1.64. The highest BCUT2D eigenvalue weighted by molar-refractivity contribution is 5.91. The molecule has 0 radical (unpaired) electrons.